The Labute approximate surface area is 93.9 Å². The summed E-state index contributed by atoms with van der Waals surface area (Å²) in [5.74, 6) is 0.215. The number of anilines is 1. The highest BCUT2D eigenvalue weighted by Crippen LogP contribution is 2.01. The van der Waals surface area contributed by atoms with Gasteiger partial charge >= 0.3 is 0 Å². The Morgan fingerprint density at radius 3 is 2.69 bits per heavy atom. The van der Waals surface area contributed by atoms with Gasteiger partial charge in [0, 0.05) is 33.0 Å². The van der Waals surface area contributed by atoms with Gasteiger partial charge in [0.15, 0.2) is 5.82 Å². The molecule has 0 atom stereocenters. The Bertz CT molecular complexity index is 413. The van der Waals surface area contributed by atoms with Crippen molar-refractivity contribution < 1.29 is 4.79 Å². The third kappa shape index (κ3) is 2.82. The van der Waals surface area contributed by atoms with Gasteiger partial charge in [0.2, 0.25) is 5.91 Å². The van der Waals surface area contributed by atoms with E-state index in [1.807, 2.05) is 6.92 Å². The van der Waals surface area contributed by atoms with Crippen LogP contribution in [0, 0.1) is 0 Å². The van der Waals surface area contributed by atoms with E-state index >= 15 is 0 Å². The van der Waals surface area contributed by atoms with Gasteiger partial charge in [-0.15, -0.1) is 0 Å². The fourth-order valence-electron chi connectivity index (χ4n) is 1.21. The van der Waals surface area contributed by atoms with Crippen LogP contribution in [0.2, 0.25) is 0 Å². The summed E-state index contributed by atoms with van der Waals surface area (Å²) in [6.07, 6.45) is 2.97. The second-order valence-electron chi connectivity index (χ2n) is 3.54. The van der Waals surface area contributed by atoms with Gasteiger partial charge in [-0.25, -0.2) is 4.98 Å². The fourth-order valence-corrected chi connectivity index (χ4v) is 1.21. The number of H-pyrrole nitrogens is 1. The summed E-state index contributed by atoms with van der Waals surface area (Å²) in [4.78, 5) is 32.7. The number of hydrogen-bond acceptors (Lipinski definition) is 4. The van der Waals surface area contributed by atoms with Crippen molar-refractivity contribution in [1.82, 2.24) is 14.9 Å². The normalized spacial score (nSPS) is 9.94. The van der Waals surface area contributed by atoms with E-state index < -0.39 is 0 Å². The Balaban J connectivity index is 2.88. The third-order valence-corrected chi connectivity index (χ3v) is 2.20. The van der Waals surface area contributed by atoms with Gasteiger partial charge in [0.25, 0.3) is 5.56 Å². The van der Waals surface area contributed by atoms with Crippen molar-refractivity contribution in [3.8, 4) is 0 Å². The van der Waals surface area contributed by atoms with Crippen molar-refractivity contribution in [3.05, 3.63) is 22.7 Å². The predicted molar refractivity (Wildman–Crippen MR) is 61.4 cm³/mol. The van der Waals surface area contributed by atoms with Gasteiger partial charge in [-0.05, 0) is 6.92 Å². The molecule has 1 amide bonds. The lowest BCUT2D eigenvalue weighted by Gasteiger charge is -2.21. The lowest BCUT2D eigenvalue weighted by atomic mass is 10.4. The van der Waals surface area contributed by atoms with E-state index in [0.717, 1.165) is 0 Å². The zero-order chi connectivity index (χ0) is 12.1. The molecular formula is C10H16N4O2. The number of aromatic nitrogens is 2. The van der Waals surface area contributed by atoms with Crippen LogP contribution >= 0.6 is 0 Å². The number of carbonyl (C=O) groups is 1. The van der Waals surface area contributed by atoms with Crippen LogP contribution in [-0.2, 0) is 4.79 Å². The zero-order valence-corrected chi connectivity index (χ0v) is 9.73. The van der Waals surface area contributed by atoms with Crippen molar-refractivity contribution >= 4 is 11.7 Å². The standard InChI is InChI=1S/C10H16N4O2/c1-4-14(7-8(15)13(2)3)9-10(16)12-6-5-11-9/h5-6H,4,7H2,1-3H3,(H,12,16). The molecule has 1 rings (SSSR count). The van der Waals surface area contributed by atoms with E-state index in [9.17, 15) is 9.59 Å². The molecule has 6 nitrogen and oxygen atoms in total. The first-order valence-electron chi connectivity index (χ1n) is 5.05. The van der Waals surface area contributed by atoms with Crippen molar-refractivity contribution in [1.29, 1.82) is 0 Å². The van der Waals surface area contributed by atoms with E-state index in [-0.39, 0.29) is 23.8 Å². The summed E-state index contributed by atoms with van der Waals surface area (Å²) in [6.45, 7) is 2.58. The minimum Gasteiger partial charge on any atom is -0.347 e. The maximum absolute atomic E-state index is 11.5. The van der Waals surface area contributed by atoms with E-state index in [0.29, 0.717) is 6.54 Å². The monoisotopic (exact) mass is 224 g/mol. The summed E-state index contributed by atoms with van der Waals surface area (Å²) < 4.78 is 0. The quantitative estimate of drug-likeness (QED) is 0.761. The van der Waals surface area contributed by atoms with Crippen LogP contribution in [0.1, 0.15) is 6.92 Å². The summed E-state index contributed by atoms with van der Waals surface area (Å²) in [5.41, 5.74) is -0.282. The number of carbonyl (C=O) groups excluding carboxylic acids is 1. The van der Waals surface area contributed by atoms with Gasteiger partial charge in [0.1, 0.15) is 0 Å². The maximum atomic E-state index is 11.5. The van der Waals surface area contributed by atoms with Crippen LogP contribution in [-0.4, -0.2) is 48.0 Å². The molecule has 0 saturated carbocycles. The fraction of sp³-hybridized carbons (Fsp3) is 0.500. The average Bonchev–Trinajstić information content (AvgIpc) is 2.26. The van der Waals surface area contributed by atoms with E-state index in [1.165, 1.54) is 17.3 Å². The number of aromatic amines is 1. The highest BCUT2D eigenvalue weighted by molar-refractivity contribution is 5.80. The number of nitrogens with one attached hydrogen (secondary N) is 1. The highest BCUT2D eigenvalue weighted by atomic mass is 16.2. The Kier molecular flexibility index (Phi) is 4.04. The summed E-state index contributed by atoms with van der Waals surface area (Å²) >= 11 is 0. The Morgan fingerprint density at radius 2 is 2.19 bits per heavy atom. The van der Waals surface area contributed by atoms with E-state index in [1.54, 1.807) is 19.0 Å². The molecule has 0 unspecified atom stereocenters. The molecule has 0 bridgehead atoms. The molecule has 0 fully saturated rings. The smallest absolute Gasteiger partial charge is 0.290 e. The zero-order valence-electron chi connectivity index (χ0n) is 9.73. The molecule has 88 valence electrons. The number of nitrogens with zero attached hydrogens (tertiary/aromatic N) is 3. The van der Waals surface area contributed by atoms with Crippen molar-refractivity contribution in [2.45, 2.75) is 6.92 Å². The minimum atomic E-state index is -0.282. The van der Waals surface area contributed by atoms with E-state index in [4.69, 9.17) is 0 Å². The van der Waals surface area contributed by atoms with E-state index in [2.05, 4.69) is 9.97 Å². The Hall–Kier alpha value is -1.85. The molecule has 6 heteroatoms. The average molecular weight is 224 g/mol. The van der Waals surface area contributed by atoms with Gasteiger partial charge in [-0.3, -0.25) is 9.59 Å². The van der Waals surface area contributed by atoms with Gasteiger partial charge in [-0.1, -0.05) is 0 Å². The lowest BCUT2D eigenvalue weighted by molar-refractivity contribution is -0.127. The first-order valence-corrected chi connectivity index (χ1v) is 5.05. The first-order chi connectivity index (χ1) is 7.56. The molecule has 0 spiro atoms. The molecule has 0 aliphatic carbocycles. The van der Waals surface area contributed by atoms with Crippen molar-refractivity contribution in [2.24, 2.45) is 0 Å². The Morgan fingerprint density at radius 1 is 1.50 bits per heavy atom. The maximum Gasteiger partial charge on any atom is 0.290 e. The molecule has 0 radical (unpaired) electrons. The van der Waals surface area contributed by atoms with Gasteiger partial charge < -0.3 is 14.8 Å². The molecule has 0 aliphatic heterocycles. The van der Waals surface area contributed by atoms with Crippen LogP contribution in [0.25, 0.3) is 0 Å². The number of rotatable bonds is 4. The second-order valence-corrected chi connectivity index (χ2v) is 3.54. The topological polar surface area (TPSA) is 69.3 Å². The largest absolute Gasteiger partial charge is 0.347 e. The van der Waals surface area contributed by atoms with Crippen LogP contribution in [0.4, 0.5) is 5.82 Å². The molecule has 1 N–H and O–H groups in total. The SMILES string of the molecule is CCN(CC(=O)N(C)C)c1ncc[nH]c1=O. The lowest BCUT2D eigenvalue weighted by Crippen LogP contribution is -2.39. The second kappa shape index (κ2) is 5.29. The van der Waals surface area contributed by atoms with Gasteiger partial charge in [-0.2, -0.15) is 0 Å². The van der Waals surface area contributed by atoms with Crippen LogP contribution in [0.3, 0.4) is 0 Å². The third-order valence-electron chi connectivity index (χ3n) is 2.20. The minimum absolute atomic E-state index is 0.0631. The number of likely N-dealkylation sites (N-methyl/N-ethyl adjacent to an activating group) is 2. The van der Waals surface area contributed by atoms with Crippen molar-refractivity contribution in [3.63, 3.8) is 0 Å². The number of hydrogen-bond donors (Lipinski definition) is 1. The molecule has 0 aliphatic rings. The molecule has 1 aromatic rings. The van der Waals surface area contributed by atoms with Crippen LogP contribution in [0.5, 0.6) is 0 Å². The molecule has 16 heavy (non-hydrogen) atoms. The summed E-state index contributed by atoms with van der Waals surface area (Å²) in [7, 11) is 3.36. The molecule has 1 aromatic heterocycles. The molecule has 0 aromatic carbocycles. The van der Waals surface area contributed by atoms with Crippen LogP contribution < -0.4 is 10.5 Å². The predicted octanol–water partition coefficient (Wildman–Crippen LogP) is -0.316. The molecular weight excluding hydrogens is 208 g/mol. The van der Waals surface area contributed by atoms with Crippen LogP contribution in [0.15, 0.2) is 17.2 Å². The van der Waals surface area contributed by atoms with Crippen molar-refractivity contribution in [2.75, 3.05) is 32.1 Å². The number of amides is 1. The summed E-state index contributed by atoms with van der Waals surface area (Å²) in [5, 5.41) is 0. The molecule has 1 heterocycles. The molecule has 0 saturated heterocycles. The highest BCUT2D eigenvalue weighted by Gasteiger charge is 2.14. The first kappa shape index (κ1) is 12.2. The van der Waals surface area contributed by atoms with Gasteiger partial charge in [0.05, 0.1) is 6.54 Å². The summed E-state index contributed by atoms with van der Waals surface area (Å²) in [6, 6.07) is 0.